The molecule has 1 aliphatic heterocycles. The van der Waals surface area contributed by atoms with Gasteiger partial charge >= 0.3 is 0 Å². The minimum absolute atomic E-state index is 0.376. The number of rotatable bonds is 2. The molecule has 1 saturated carbocycles. The van der Waals surface area contributed by atoms with Crippen molar-refractivity contribution < 1.29 is 4.74 Å². The molecule has 1 N–H and O–H groups in total. The molecule has 3 atom stereocenters. The lowest BCUT2D eigenvalue weighted by Gasteiger charge is -2.56. The van der Waals surface area contributed by atoms with E-state index in [1.807, 2.05) is 25.1 Å². The predicted octanol–water partition coefficient (Wildman–Crippen LogP) is 4.53. The lowest BCUT2D eigenvalue weighted by atomic mass is 9.53. The van der Waals surface area contributed by atoms with E-state index < -0.39 is 0 Å². The molecule has 2 heterocycles. The van der Waals surface area contributed by atoms with Crippen LogP contribution < -0.4 is 10.1 Å². The first-order valence-corrected chi connectivity index (χ1v) is 9.73. The number of aromatic nitrogens is 1. The van der Waals surface area contributed by atoms with Crippen LogP contribution in [0.15, 0.2) is 36.4 Å². The second kappa shape index (κ2) is 5.84. The van der Waals surface area contributed by atoms with E-state index in [9.17, 15) is 0 Å². The third-order valence-electron chi connectivity index (χ3n) is 6.70. The smallest absolute Gasteiger partial charge is 0.219 e. The first kappa shape index (κ1) is 15.4. The average Bonchev–Trinajstić information content (AvgIpc) is 2.62. The van der Waals surface area contributed by atoms with Crippen molar-refractivity contribution in [3.8, 4) is 11.6 Å². The number of nitrogens with zero attached hydrogens (tertiary/aromatic N) is 1. The molecule has 2 bridgehead atoms. The third-order valence-corrected chi connectivity index (χ3v) is 6.70. The summed E-state index contributed by atoms with van der Waals surface area (Å²) in [5.41, 5.74) is 4.46. The summed E-state index contributed by atoms with van der Waals surface area (Å²) in [6, 6.07) is 13.4. The Morgan fingerprint density at radius 3 is 3.04 bits per heavy atom. The van der Waals surface area contributed by atoms with Gasteiger partial charge in [0.05, 0.1) is 0 Å². The first-order valence-electron chi connectivity index (χ1n) is 9.73. The highest BCUT2D eigenvalue weighted by atomic mass is 16.5. The van der Waals surface area contributed by atoms with Crippen molar-refractivity contribution in [2.75, 3.05) is 6.54 Å². The molecule has 1 aromatic heterocycles. The fourth-order valence-electron chi connectivity index (χ4n) is 5.66. The fourth-order valence-corrected chi connectivity index (χ4v) is 5.66. The number of aryl methyl sites for hydroxylation is 1. The number of pyridine rings is 1. The SMILES string of the molecule is Cc1cccc(Oc2ccc3c(c2)[C@@]24CCCC[C@H]2[C@@H](C3)NCC4)n1. The van der Waals surface area contributed by atoms with E-state index in [-0.39, 0.29) is 0 Å². The van der Waals surface area contributed by atoms with Crippen LogP contribution in [0.4, 0.5) is 0 Å². The molecule has 1 saturated heterocycles. The van der Waals surface area contributed by atoms with Crippen LogP contribution in [0, 0.1) is 12.8 Å². The average molecular weight is 334 g/mol. The molecular weight excluding hydrogens is 308 g/mol. The number of hydrogen-bond acceptors (Lipinski definition) is 3. The molecule has 2 aromatic rings. The minimum atomic E-state index is 0.376. The number of piperidine rings is 1. The van der Waals surface area contributed by atoms with Crippen molar-refractivity contribution in [2.45, 2.75) is 56.9 Å². The Morgan fingerprint density at radius 2 is 2.12 bits per heavy atom. The van der Waals surface area contributed by atoms with Crippen LogP contribution in [0.5, 0.6) is 11.6 Å². The van der Waals surface area contributed by atoms with Gasteiger partial charge in [-0.05, 0) is 74.4 Å². The molecule has 0 spiro atoms. The lowest BCUT2D eigenvalue weighted by molar-refractivity contribution is 0.0796. The molecule has 3 heteroatoms. The molecule has 2 fully saturated rings. The van der Waals surface area contributed by atoms with Crippen LogP contribution in [0.1, 0.15) is 48.9 Å². The standard InChI is InChI=1S/C22H26N2O/c1-15-5-4-7-21(24-15)25-17-9-8-16-13-20-18-6-2-3-10-22(18,11-12-23-20)19(16)14-17/h4-5,7-9,14,18,20,23H,2-3,6,10-13H2,1H3/t18-,20+,22+/m0/s1. The second-order valence-electron chi connectivity index (χ2n) is 8.06. The van der Waals surface area contributed by atoms with Gasteiger partial charge in [-0.3, -0.25) is 0 Å². The summed E-state index contributed by atoms with van der Waals surface area (Å²) in [7, 11) is 0. The first-order chi connectivity index (χ1) is 12.2. The number of nitrogens with one attached hydrogen (secondary N) is 1. The second-order valence-corrected chi connectivity index (χ2v) is 8.06. The van der Waals surface area contributed by atoms with Crippen LogP contribution in [0.25, 0.3) is 0 Å². The van der Waals surface area contributed by atoms with Crippen molar-refractivity contribution in [1.29, 1.82) is 0 Å². The molecule has 0 unspecified atom stereocenters. The summed E-state index contributed by atoms with van der Waals surface area (Å²) in [5.74, 6) is 2.43. The molecule has 25 heavy (non-hydrogen) atoms. The van der Waals surface area contributed by atoms with Gasteiger partial charge in [-0.15, -0.1) is 0 Å². The monoisotopic (exact) mass is 334 g/mol. The topological polar surface area (TPSA) is 34.1 Å². The molecule has 3 nitrogen and oxygen atoms in total. The molecule has 3 aliphatic rings. The highest BCUT2D eigenvalue weighted by Crippen LogP contribution is 2.54. The van der Waals surface area contributed by atoms with E-state index in [0.717, 1.165) is 23.9 Å². The lowest BCUT2D eigenvalue weighted by Crippen LogP contribution is -2.59. The number of fused-ring (bicyclic) bond motifs is 1. The Labute approximate surface area is 149 Å². The third kappa shape index (κ3) is 2.48. The van der Waals surface area contributed by atoms with Gasteiger partial charge in [0.2, 0.25) is 5.88 Å². The van der Waals surface area contributed by atoms with Gasteiger partial charge in [0.15, 0.2) is 0 Å². The Hall–Kier alpha value is -1.87. The highest BCUT2D eigenvalue weighted by molar-refractivity contribution is 5.46. The zero-order valence-corrected chi connectivity index (χ0v) is 14.9. The van der Waals surface area contributed by atoms with Crippen LogP contribution in [-0.2, 0) is 11.8 Å². The maximum absolute atomic E-state index is 6.11. The number of ether oxygens (including phenoxy) is 1. The zero-order valence-electron chi connectivity index (χ0n) is 14.9. The van der Waals surface area contributed by atoms with E-state index in [4.69, 9.17) is 4.74 Å². The van der Waals surface area contributed by atoms with Crippen molar-refractivity contribution in [2.24, 2.45) is 5.92 Å². The Morgan fingerprint density at radius 1 is 1.16 bits per heavy atom. The number of hydrogen-bond donors (Lipinski definition) is 1. The van der Waals surface area contributed by atoms with Crippen LogP contribution in [0.2, 0.25) is 0 Å². The number of benzene rings is 1. The van der Waals surface area contributed by atoms with Gasteiger partial charge in [0, 0.05) is 23.2 Å². The van der Waals surface area contributed by atoms with Crippen LogP contribution in [-0.4, -0.2) is 17.6 Å². The van der Waals surface area contributed by atoms with Gasteiger partial charge in [-0.25, -0.2) is 4.98 Å². The quantitative estimate of drug-likeness (QED) is 0.876. The fraction of sp³-hybridized carbons (Fsp3) is 0.500. The van der Waals surface area contributed by atoms with Crippen molar-refractivity contribution >= 4 is 0 Å². The van der Waals surface area contributed by atoms with E-state index in [1.165, 1.54) is 44.1 Å². The molecule has 2 aliphatic carbocycles. The summed E-state index contributed by atoms with van der Waals surface area (Å²) in [4.78, 5) is 4.49. The summed E-state index contributed by atoms with van der Waals surface area (Å²) in [5, 5.41) is 3.80. The van der Waals surface area contributed by atoms with Gasteiger partial charge in [-0.1, -0.05) is 25.0 Å². The van der Waals surface area contributed by atoms with E-state index in [1.54, 1.807) is 5.56 Å². The zero-order chi connectivity index (χ0) is 16.9. The van der Waals surface area contributed by atoms with E-state index >= 15 is 0 Å². The molecular formula is C22H26N2O. The van der Waals surface area contributed by atoms with Crippen LogP contribution in [0.3, 0.4) is 0 Å². The summed E-state index contributed by atoms with van der Waals surface area (Å²) in [6.07, 6.45) is 7.92. The molecule has 1 aromatic carbocycles. The summed E-state index contributed by atoms with van der Waals surface area (Å²) < 4.78 is 6.11. The Balaban J connectivity index is 1.54. The van der Waals surface area contributed by atoms with Crippen molar-refractivity contribution in [3.05, 3.63) is 53.2 Å². The van der Waals surface area contributed by atoms with Crippen LogP contribution >= 0.6 is 0 Å². The van der Waals surface area contributed by atoms with Crippen molar-refractivity contribution in [3.63, 3.8) is 0 Å². The minimum Gasteiger partial charge on any atom is -0.439 e. The van der Waals surface area contributed by atoms with Gasteiger partial charge < -0.3 is 10.1 Å². The maximum atomic E-state index is 6.11. The molecule has 130 valence electrons. The normalized spacial score (nSPS) is 30.3. The van der Waals surface area contributed by atoms with Gasteiger partial charge in [0.1, 0.15) is 5.75 Å². The van der Waals surface area contributed by atoms with E-state index in [0.29, 0.717) is 17.3 Å². The summed E-state index contributed by atoms with van der Waals surface area (Å²) in [6.45, 7) is 3.16. The largest absolute Gasteiger partial charge is 0.439 e. The highest BCUT2D eigenvalue weighted by Gasteiger charge is 2.51. The van der Waals surface area contributed by atoms with Gasteiger partial charge in [-0.2, -0.15) is 0 Å². The predicted molar refractivity (Wildman–Crippen MR) is 99.2 cm³/mol. The van der Waals surface area contributed by atoms with Crippen molar-refractivity contribution in [1.82, 2.24) is 10.3 Å². The molecule has 0 amide bonds. The van der Waals surface area contributed by atoms with Gasteiger partial charge in [0.25, 0.3) is 0 Å². The molecule has 5 rings (SSSR count). The van der Waals surface area contributed by atoms with E-state index in [2.05, 4.69) is 28.5 Å². The Kier molecular flexibility index (Phi) is 3.60. The summed E-state index contributed by atoms with van der Waals surface area (Å²) >= 11 is 0. The molecule has 0 radical (unpaired) electrons. The Bertz CT molecular complexity index is 798. The maximum Gasteiger partial charge on any atom is 0.219 e.